The number of hydrogen-bond donors (Lipinski definition) is 0. The largest absolute Gasteiger partial charge is 1.00 e. The lowest BCUT2D eigenvalue weighted by molar-refractivity contribution is -0.645. The number of pyridine rings is 1. The maximum atomic E-state index is 2.53. The molecule has 170 valence electrons. The number of aromatic nitrogens is 1. The van der Waals surface area contributed by atoms with E-state index in [1.165, 1.54) is 112 Å². The van der Waals surface area contributed by atoms with Gasteiger partial charge in [-0.15, -0.1) is 0 Å². The van der Waals surface area contributed by atoms with Crippen LogP contribution in [0.3, 0.4) is 0 Å². The van der Waals surface area contributed by atoms with E-state index in [1.807, 2.05) is 0 Å². The van der Waals surface area contributed by atoms with Crippen LogP contribution in [0.25, 0.3) is 21.8 Å². The number of halogens is 1. The predicted molar refractivity (Wildman–Crippen MR) is 132 cm³/mol. The van der Waals surface area contributed by atoms with Gasteiger partial charge in [-0.25, -0.2) is 0 Å². The summed E-state index contributed by atoms with van der Waals surface area (Å²) in [5.41, 5.74) is 2.73. The first-order valence-corrected chi connectivity index (χ1v) is 12.7. The zero-order valence-electron chi connectivity index (χ0n) is 19.6. The van der Waals surface area contributed by atoms with Crippen LogP contribution in [0.4, 0.5) is 0 Å². The fraction of sp³-hybridized carbons (Fsp3) is 0.552. The minimum absolute atomic E-state index is 0. The van der Waals surface area contributed by atoms with Gasteiger partial charge < -0.3 is 17.0 Å². The Morgan fingerprint density at radius 1 is 0.516 bits per heavy atom. The van der Waals surface area contributed by atoms with E-state index in [-0.39, 0.29) is 17.0 Å². The highest BCUT2D eigenvalue weighted by Gasteiger charge is 2.13. The molecular formula is C29H42BrN. The van der Waals surface area contributed by atoms with Crippen molar-refractivity contribution in [1.29, 1.82) is 0 Å². The molecule has 31 heavy (non-hydrogen) atoms. The van der Waals surface area contributed by atoms with Gasteiger partial charge in [-0.1, -0.05) is 108 Å². The van der Waals surface area contributed by atoms with E-state index in [2.05, 4.69) is 66.1 Å². The molecule has 0 saturated heterocycles. The Bertz CT molecular complexity index is 819. The Balaban J connectivity index is 0.00000341. The Labute approximate surface area is 201 Å². The number of hydrogen-bond acceptors (Lipinski definition) is 0. The summed E-state index contributed by atoms with van der Waals surface area (Å²) in [6.45, 7) is 3.42. The van der Waals surface area contributed by atoms with Crippen molar-refractivity contribution in [1.82, 2.24) is 0 Å². The van der Waals surface area contributed by atoms with Crippen LogP contribution in [0.1, 0.15) is 96.8 Å². The van der Waals surface area contributed by atoms with Crippen molar-refractivity contribution < 1.29 is 21.5 Å². The molecule has 0 N–H and O–H groups in total. The maximum Gasteiger partial charge on any atom is 0.212 e. The van der Waals surface area contributed by atoms with Crippen LogP contribution >= 0.6 is 0 Å². The molecule has 0 aliphatic rings. The summed E-state index contributed by atoms with van der Waals surface area (Å²) in [5.74, 6) is 0. The lowest BCUT2D eigenvalue weighted by Gasteiger charge is -2.06. The Kier molecular flexibility index (Phi) is 12.8. The van der Waals surface area contributed by atoms with Gasteiger partial charge in [-0.2, -0.15) is 4.57 Å². The number of unbranched alkanes of at least 4 members (excludes halogenated alkanes) is 13. The number of aryl methyl sites for hydroxylation is 1. The zero-order chi connectivity index (χ0) is 20.9. The molecule has 2 heteroatoms. The molecule has 1 nitrogen and oxygen atoms in total. The Hall–Kier alpha value is -1.41. The molecule has 3 aromatic rings. The summed E-state index contributed by atoms with van der Waals surface area (Å²) in [4.78, 5) is 0. The van der Waals surface area contributed by atoms with E-state index in [4.69, 9.17) is 0 Å². The first kappa shape index (κ1) is 25.8. The summed E-state index contributed by atoms with van der Waals surface area (Å²) in [6.07, 6.45) is 19.8. The Morgan fingerprint density at radius 3 is 1.35 bits per heavy atom. The van der Waals surface area contributed by atoms with E-state index in [1.54, 1.807) is 0 Å². The summed E-state index contributed by atoms with van der Waals surface area (Å²) in [6, 6.07) is 20.0. The van der Waals surface area contributed by atoms with E-state index >= 15 is 0 Å². The number of nitrogens with zero attached hydrogens (tertiary/aromatic N) is 1. The predicted octanol–water partition coefficient (Wildman–Crippen LogP) is 5.77. The number of fused-ring (bicyclic) bond motifs is 2. The van der Waals surface area contributed by atoms with Crippen molar-refractivity contribution in [3.63, 3.8) is 0 Å². The van der Waals surface area contributed by atoms with Crippen molar-refractivity contribution in [2.45, 2.75) is 103 Å². The average molecular weight is 485 g/mol. The van der Waals surface area contributed by atoms with E-state index in [0.717, 1.165) is 6.54 Å². The van der Waals surface area contributed by atoms with Crippen molar-refractivity contribution in [2.75, 3.05) is 0 Å². The molecule has 0 aliphatic carbocycles. The first-order chi connectivity index (χ1) is 14.9. The molecule has 0 saturated carbocycles. The van der Waals surface area contributed by atoms with Crippen LogP contribution in [0, 0.1) is 0 Å². The van der Waals surface area contributed by atoms with Gasteiger partial charge in [-0.05, 0) is 24.6 Å². The van der Waals surface area contributed by atoms with Crippen molar-refractivity contribution in [2.24, 2.45) is 0 Å². The third kappa shape index (κ3) is 8.56. The minimum Gasteiger partial charge on any atom is -1.00 e. The standard InChI is InChI=1S/C29H42N.BrH/c1-2-3-4-5-6-7-8-9-10-11-12-13-14-19-24-30-28-22-17-15-20-26(28)25-27-21-16-18-23-29(27)30;/h15-18,20-23,25H,2-14,19,24H2,1H3;1H/q+1;/p-1. The van der Waals surface area contributed by atoms with Gasteiger partial charge in [0.1, 0.15) is 6.54 Å². The van der Waals surface area contributed by atoms with Crippen LogP contribution in [0.15, 0.2) is 54.6 Å². The van der Waals surface area contributed by atoms with Crippen LogP contribution in [0.2, 0.25) is 0 Å². The maximum absolute atomic E-state index is 2.53. The highest BCUT2D eigenvalue weighted by molar-refractivity contribution is 5.88. The lowest BCUT2D eigenvalue weighted by atomic mass is 10.0. The summed E-state index contributed by atoms with van der Waals surface area (Å²) >= 11 is 0. The van der Waals surface area contributed by atoms with E-state index in [0.29, 0.717) is 0 Å². The molecule has 0 radical (unpaired) electrons. The SMILES string of the molecule is CCCCCCCCCCCCCCCC[n+]1c2ccccc2cc2ccccc21.[Br-]. The van der Waals surface area contributed by atoms with Crippen LogP contribution < -0.4 is 21.5 Å². The summed E-state index contributed by atoms with van der Waals surface area (Å²) in [5, 5.41) is 2.70. The number of rotatable bonds is 15. The molecule has 0 fully saturated rings. The van der Waals surface area contributed by atoms with Crippen molar-refractivity contribution in [3.8, 4) is 0 Å². The molecule has 0 amide bonds. The number of para-hydroxylation sites is 2. The molecule has 0 unspecified atom stereocenters. The topological polar surface area (TPSA) is 3.88 Å². The monoisotopic (exact) mass is 483 g/mol. The third-order valence-corrected chi connectivity index (χ3v) is 6.50. The highest BCUT2D eigenvalue weighted by Crippen LogP contribution is 2.18. The second kappa shape index (κ2) is 15.4. The van der Waals surface area contributed by atoms with Gasteiger partial charge in [-0.3, -0.25) is 0 Å². The summed E-state index contributed by atoms with van der Waals surface area (Å²) in [7, 11) is 0. The molecule has 1 heterocycles. The highest BCUT2D eigenvalue weighted by atomic mass is 79.9. The fourth-order valence-corrected chi connectivity index (χ4v) is 4.71. The molecule has 0 atom stereocenters. The van der Waals surface area contributed by atoms with Gasteiger partial charge in [0, 0.05) is 29.3 Å². The molecule has 3 rings (SSSR count). The fourth-order valence-electron chi connectivity index (χ4n) is 4.71. The molecule has 0 spiro atoms. The van der Waals surface area contributed by atoms with Gasteiger partial charge in [0.15, 0.2) is 0 Å². The van der Waals surface area contributed by atoms with Gasteiger partial charge in [0.2, 0.25) is 11.0 Å². The number of benzene rings is 2. The second-order valence-corrected chi connectivity index (χ2v) is 9.01. The van der Waals surface area contributed by atoms with Crippen LogP contribution in [-0.4, -0.2) is 0 Å². The van der Waals surface area contributed by atoms with Gasteiger partial charge >= 0.3 is 0 Å². The molecule has 2 aromatic carbocycles. The quantitative estimate of drug-likeness (QED) is 0.147. The molecular weight excluding hydrogens is 442 g/mol. The smallest absolute Gasteiger partial charge is 0.212 e. The lowest BCUT2D eigenvalue weighted by Crippen LogP contribution is -3.00. The van der Waals surface area contributed by atoms with Crippen molar-refractivity contribution >= 4 is 21.8 Å². The Morgan fingerprint density at radius 2 is 0.903 bits per heavy atom. The molecule has 0 bridgehead atoms. The minimum atomic E-state index is 0. The average Bonchev–Trinajstić information content (AvgIpc) is 2.78. The normalized spacial score (nSPS) is 11.1. The molecule has 0 aliphatic heterocycles. The second-order valence-electron chi connectivity index (χ2n) is 9.01. The van der Waals surface area contributed by atoms with Gasteiger partial charge in [0.25, 0.3) is 0 Å². The third-order valence-electron chi connectivity index (χ3n) is 6.50. The molecule has 1 aromatic heterocycles. The first-order valence-electron chi connectivity index (χ1n) is 12.7. The van der Waals surface area contributed by atoms with Gasteiger partial charge in [0.05, 0.1) is 0 Å². The zero-order valence-corrected chi connectivity index (χ0v) is 21.2. The van der Waals surface area contributed by atoms with Crippen LogP contribution in [-0.2, 0) is 6.54 Å². The summed E-state index contributed by atoms with van der Waals surface area (Å²) < 4.78 is 2.53. The van der Waals surface area contributed by atoms with Crippen molar-refractivity contribution in [3.05, 3.63) is 54.6 Å². The van der Waals surface area contributed by atoms with Crippen LogP contribution in [0.5, 0.6) is 0 Å². The van der Waals surface area contributed by atoms with E-state index in [9.17, 15) is 0 Å². The van der Waals surface area contributed by atoms with E-state index < -0.39 is 0 Å².